The lowest BCUT2D eigenvalue weighted by Crippen LogP contribution is -2.36. The van der Waals surface area contributed by atoms with E-state index in [-0.39, 0.29) is 29.7 Å². The van der Waals surface area contributed by atoms with Crippen LogP contribution in [0.2, 0.25) is 0 Å². The molecule has 1 aliphatic heterocycles. The highest BCUT2D eigenvalue weighted by atomic mass is 19.1. The molecule has 0 aliphatic carbocycles. The van der Waals surface area contributed by atoms with E-state index < -0.39 is 0 Å². The van der Waals surface area contributed by atoms with Crippen molar-refractivity contribution < 1.29 is 13.9 Å². The van der Waals surface area contributed by atoms with E-state index in [9.17, 15) is 9.18 Å². The van der Waals surface area contributed by atoms with Gasteiger partial charge in [0.2, 0.25) is 5.91 Å². The second kappa shape index (κ2) is 9.66. The highest BCUT2D eigenvalue weighted by Crippen LogP contribution is 2.27. The van der Waals surface area contributed by atoms with Gasteiger partial charge in [0.1, 0.15) is 11.6 Å². The SMILES string of the molecule is CCCCOc1ccc(C2NNCC2C(=O)NC(C)c2ccc(F)cc2)cc1. The number of halogens is 1. The van der Waals surface area contributed by atoms with E-state index in [1.165, 1.54) is 12.1 Å². The Morgan fingerprint density at radius 3 is 2.61 bits per heavy atom. The largest absolute Gasteiger partial charge is 0.494 e. The number of unbranched alkanes of at least 4 members (excludes halogenated alkanes) is 1. The molecule has 150 valence electrons. The lowest BCUT2D eigenvalue weighted by atomic mass is 9.93. The minimum Gasteiger partial charge on any atom is -0.494 e. The van der Waals surface area contributed by atoms with Crippen molar-refractivity contribution in [2.75, 3.05) is 13.2 Å². The van der Waals surface area contributed by atoms with E-state index in [0.717, 1.165) is 29.7 Å². The molecule has 0 aromatic heterocycles. The molecule has 3 unspecified atom stereocenters. The second-order valence-corrected chi connectivity index (χ2v) is 7.16. The monoisotopic (exact) mass is 385 g/mol. The molecule has 0 radical (unpaired) electrons. The summed E-state index contributed by atoms with van der Waals surface area (Å²) in [7, 11) is 0. The topological polar surface area (TPSA) is 62.4 Å². The summed E-state index contributed by atoms with van der Waals surface area (Å²) in [5, 5.41) is 3.04. The van der Waals surface area contributed by atoms with E-state index in [2.05, 4.69) is 23.1 Å². The molecule has 2 aromatic carbocycles. The van der Waals surface area contributed by atoms with Crippen LogP contribution in [-0.2, 0) is 4.79 Å². The molecule has 0 saturated carbocycles. The summed E-state index contributed by atoms with van der Waals surface area (Å²) >= 11 is 0. The maximum absolute atomic E-state index is 13.1. The summed E-state index contributed by atoms with van der Waals surface area (Å²) in [5.74, 6) is 0.278. The van der Waals surface area contributed by atoms with Crippen LogP contribution in [0.5, 0.6) is 5.75 Å². The van der Waals surface area contributed by atoms with Crippen molar-refractivity contribution in [1.82, 2.24) is 16.2 Å². The Bertz CT molecular complexity index is 764. The predicted octanol–water partition coefficient (Wildman–Crippen LogP) is 3.65. The van der Waals surface area contributed by atoms with Crippen molar-refractivity contribution in [3.8, 4) is 5.75 Å². The fourth-order valence-electron chi connectivity index (χ4n) is 3.32. The molecule has 28 heavy (non-hydrogen) atoms. The molecule has 1 aliphatic rings. The number of carbonyl (C=O) groups is 1. The van der Waals surface area contributed by atoms with Gasteiger partial charge in [0.25, 0.3) is 0 Å². The van der Waals surface area contributed by atoms with Crippen LogP contribution in [0.4, 0.5) is 4.39 Å². The van der Waals surface area contributed by atoms with Crippen LogP contribution < -0.4 is 20.9 Å². The lowest BCUT2D eigenvalue weighted by Gasteiger charge is -2.21. The van der Waals surface area contributed by atoms with Gasteiger partial charge in [-0.25, -0.2) is 9.82 Å². The second-order valence-electron chi connectivity index (χ2n) is 7.16. The standard InChI is InChI=1S/C22H28FN3O2/c1-3-4-13-28-19-11-7-17(8-12-19)21-20(14-24-26-21)22(27)25-15(2)16-5-9-18(23)10-6-16/h5-12,15,20-21,24,26H,3-4,13-14H2,1-2H3,(H,25,27). The van der Waals surface area contributed by atoms with Gasteiger partial charge in [0.15, 0.2) is 0 Å². The fraction of sp³-hybridized carbons (Fsp3) is 0.409. The third-order valence-electron chi connectivity index (χ3n) is 5.05. The van der Waals surface area contributed by atoms with Gasteiger partial charge in [0.05, 0.1) is 24.6 Å². The molecule has 2 aromatic rings. The highest BCUT2D eigenvalue weighted by molar-refractivity contribution is 5.80. The van der Waals surface area contributed by atoms with Crippen molar-refractivity contribution in [1.29, 1.82) is 0 Å². The summed E-state index contributed by atoms with van der Waals surface area (Å²) in [4.78, 5) is 12.8. The molecule has 0 bridgehead atoms. The first kappa shape index (κ1) is 20.3. The van der Waals surface area contributed by atoms with Crippen LogP contribution in [0.25, 0.3) is 0 Å². The molecule has 3 atom stereocenters. The molecule has 1 heterocycles. The van der Waals surface area contributed by atoms with Gasteiger partial charge in [-0.3, -0.25) is 10.2 Å². The number of amides is 1. The molecule has 0 spiro atoms. The Morgan fingerprint density at radius 1 is 1.21 bits per heavy atom. The zero-order chi connectivity index (χ0) is 19.9. The van der Waals surface area contributed by atoms with E-state index in [1.54, 1.807) is 12.1 Å². The van der Waals surface area contributed by atoms with Gasteiger partial charge < -0.3 is 10.1 Å². The van der Waals surface area contributed by atoms with Crippen LogP contribution in [0.1, 0.15) is 49.9 Å². The third kappa shape index (κ3) is 5.09. The number of benzene rings is 2. The zero-order valence-corrected chi connectivity index (χ0v) is 16.4. The van der Waals surface area contributed by atoms with Crippen LogP contribution in [0, 0.1) is 11.7 Å². The van der Waals surface area contributed by atoms with Crippen LogP contribution >= 0.6 is 0 Å². The number of carbonyl (C=O) groups excluding carboxylic acids is 1. The van der Waals surface area contributed by atoms with Gasteiger partial charge in [-0.05, 0) is 48.7 Å². The average molecular weight is 385 g/mol. The molecule has 1 fully saturated rings. The molecular weight excluding hydrogens is 357 g/mol. The lowest BCUT2D eigenvalue weighted by molar-refractivity contribution is -0.125. The molecule has 3 rings (SSSR count). The normalized spacial score (nSPS) is 20.0. The van der Waals surface area contributed by atoms with Crippen molar-refractivity contribution in [3.05, 3.63) is 65.5 Å². The van der Waals surface area contributed by atoms with Crippen molar-refractivity contribution >= 4 is 5.91 Å². The summed E-state index contributed by atoms with van der Waals surface area (Å²) < 4.78 is 18.8. The molecule has 5 nitrogen and oxygen atoms in total. The quantitative estimate of drug-likeness (QED) is 0.607. The number of hydrazine groups is 1. The highest BCUT2D eigenvalue weighted by Gasteiger charge is 2.34. The smallest absolute Gasteiger partial charge is 0.226 e. The maximum Gasteiger partial charge on any atom is 0.226 e. The van der Waals surface area contributed by atoms with Gasteiger partial charge in [-0.1, -0.05) is 37.6 Å². The van der Waals surface area contributed by atoms with Gasteiger partial charge in [-0.15, -0.1) is 0 Å². The Labute approximate surface area is 165 Å². The summed E-state index contributed by atoms with van der Waals surface area (Å²) in [5.41, 5.74) is 8.19. The summed E-state index contributed by atoms with van der Waals surface area (Å²) in [6.07, 6.45) is 2.13. The van der Waals surface area contributed by atoms with E-state index in [1.807, 2.05) is 31.2 Å². The number of hydrogen-bond acceptors (Lipinski definition) is 4. The maximum atomic E-state index is 13.1. The van der Waals surface area contributed by atoms with Gasteiger partial charge >= 0.3 is 0 Å². The third-order valence-corrected chi connectivity index (χ3v) is 5.05. The Morgan fingerprint density at radius 2 is 1.93 bits per heavy atom. The van der Waals surface area contributed by atoms with Crippen molar-refractivity contribution in [3.63, 3.8) is 0 Å². The number of ether oxygens (including phenoxy) is 1. The summed E-state index contributed by atoms with van der Waals surface area (Å²) in [6, 6.07) is 13.8. The minimum atomic E-state index is -0.284. The molecule has 3 N–H and O–H groups in total. The minimum absolute atomic E-state index is 0.0393. The Kier molecular flexibility index (Phi) is 7.01. The van der Waals surface area contributed by atoms with E-state index in [0.29, 0.717) is 13.2 Å². The molecule has 1 amide bonds. The van der Waals surface area contributed by atoms with Gasteiger partial charge in [0, 0.05) is 6.54 Å². The Hall–Kier alpha value is -2.44. The van der Waals surface area contributed by atoms with Crippen molar-refractivity contribution in [2.45, 2.75) is 38.8 Å². The molecular formula is C22H28FN3O2. The van der Waals surface area contributed by atoms with Gasteiger partial charge in [-0.2, -0.15) is 0 Å². The van der Waals surface area contributed by atoms with E-state index >= 15 is 0 Å². The molecule has 1 saturated heterocycles. The Balaban J connectivity index is 1.61. The number of hydrogen-bond donors (Lipinski definition) is 3. The van der Waals surface area contributed by atoms with Crippen LogP contribution in [0.3, 0.4) is 0 Å². The fourth-order valence-corrected chi connectivity index (χ4v) is 3.32. The predicted molar refractivity (Wildman–Crippen MR) is 107 cm³/mol. The zero-order valence-electron chi connectivity index (χ0n) is 16.4. The number of nitrogens with one attached hydrogen (secondary N) is 3. The van der Waals surface area contributed by atoms with Crippen LogP contribution in [0.15, 0.2) is 48.5 Å². The first-order valence-electron chi connectivity index (χ1n) is 9.85. The van der Waals surface area contributed by atoms with Crippen molar-refractivity contribution in [2.24, 2.45) is 5.92 Å². The average Bonchev–Trinajstić information content (AvgIpc) is 3.19. The van der Waals surface area contributed by atoms with Crippen LogP contribution in [-0.4, -0.2) is 19.1 Å². The molecule has 6 heteroatoms. The first-order valence-corrected chi connectivity index (χ1v) is 9.85. The number of rotatable bonds is 8. The first-order chi connectivity index (χ1) is 13.6. The summed E-state index contributed by atoms with van der Waals surface area (Å²) in [6.45, 7) is 5.29. The van der Waals surface area contributed by atoms with E-state index in [4.69, 9.17) is 4.74 Å².